The molecule has 1 spiro atoms. The molecule has 4 nitrogen and oxygen atoms in total. The maximum atomic E-state index is 6.53. The molecule has 3 atom stereocenters. The van der Waals surface area contributed by atoms with E-state index in [0.717, 1.165) is 0 Å². The molecule has 2 aliphatic heterocycles. The van der Waals surface area contributed by atoms with Gasteiger partial charge in [-0.15, -0.1) is 0 Å². The molecule has 2 saturated heterocycles. The molecule has 2 fully saturated rings. The average molecular weight is 330 g/mol. The van der Waals surface area contributed by atoms with Crippen molar-refractivity contribution in [1.29, 1.82) is 0 Å². The van der Waals surface area contributed by atoms with Crippen LogP contribution in [0.5, 0.6) is 0 Å². The van der Waals surface area contributed by atoms with E-state index in [-0.39, 0.29) is 17.1 Å². The molecule has 0 bridgehead atoms. The van der Waals surface area contributed by atoms with Crippen molar-refractivity contribution in [2.75, 3.05) is 19.9 Å². The van der Waals surface area contributed by atoms with E-state index in [0.29, 0.717) is 13.2 Å². The number of rotatable bonds is 2. The summed E-state index contributed by atoms with van der Waals surface area (Å²) in [5.41, 5.74) is -0.457. The Bertz CT molecular complexity index is 380. The quantitative estimate of drug-likeness (QED) is 0.575. The summed E-state index contributed by atoms with van der Waals surface area (Å²) in [5, 5.41) is 0.152. The van der Waals surface area contributed by atoms with Gasteiger partial charge in [0.25, 0.3) is 0 Å². The van der Waals surface area contributed by atoms with Gasteiger partial charge in [-0.2, -0.15) is 0 Å². The van der Waals surface area contributed by atoms with Gasteiger partial charge in [0, 0.05) is 18.6 Å². The Morgan fingerprint density at radius 1 is 1.24 bits per heavy atom. The van der Waals surface area contributed by atoms with Crippen LogP contribution >= 0.6 is 8.38 Å². The fourth-order valence-corrected chi connectivity index (χ4v) is 4.77. The smallest absolute Gasteiger partial charge is 0.192 e. The van der Waals surface area contributed by atoms with Crippen molar-refractivity contribution in [1.82, 2.24) is 0 Å². The second-order valence-corrected chi connectivity index (χ2v) is 13.9. The second-order valence-electron chi connectivity index (χ2n) is 7.77. The Labute approximate surface area is 132 Å². The summed E-state index contributed by atoms with van der Waals surface area (Å²) in [5.74, 6) is 0.158. The van der Waals surface area contributed by atoms with Crippen LogP contribution in [-0.4, -0.2) is 53.8 Å². The highest BCUT2D eigenvalue weighted by Crippen LogP contribution is 2.49. The molecule has 21 heavy (non-hydrogen) atoms. The Hall–Kier alpha value is 0.552. The van der Waals surface area contributed by atoms with Crippen molar-refractivity contribution in [3.8, 4) is 0 Å². The third-order valence-corrected chi connectivity index (χ3v) is 10.7. The van der Waals surface area contributed by atoms with Crippen LogP contribution in [0.2, 0.25) is 18.1 Å². The van der Waals surface area contributed by atoms with Crippen molar-refractivity contribution >= 4 is 24.5 Å². The van der Waals surface area contributed by atoms with Gasteiger partial charge < -0.3 is 18.2 Å². The van der Waals surface area contributed by atoms with Crippen molar-refractivity contribution in [2.24, 2.45) is 5.92 Å². The topological polar surface area (TPSA) is 36.9 Å². The van der Waals surface area contributed by atoms with Gasteiger partial charge in [0.2, 0.25) is 0 Å². The van der Waals surface area contributed by atoms with Crippen LogP contribution in [0.1, 0.15) is 27.7 Å². The summed E-state index contributed by atoms with van der Waals surface area (Å²) < 4.78 is 24.0. The highest BCUT2D eigenvalue weighted by atomic mass is 31.2. The molecule has 2 radical (unpaired) electrons. The maximum Gasteiger partial charge on any atom is 0.192 e. The van der Waals surface area contributed by atoms with Crippen molar-refractivity contribution in [3.63, 3.8) is 0 Å². The standard InChI is InChI=1S/C14H28BO4PSi/c1-10-11(19-21(6,7)13(2,3)4)12(15)18-14(10)8-16-20(5)17-9-14/h10-12H,8-9H2,1-7H3/t10?,11-,12+,14?,20?/m0/s1. The molecule has 0 N–H and O–H groups in total. The average Bonchev–Trinajstić information content (AvgIpc) is 2.57. The van der Waals surface area contributed by atoms with Crippen LogP contribution < -0.4 is 0 Å². The summed E-state index contributed by atoms with van der Waals surface area (Å²) >= 11 is 0. The van der Waals surface area contributed by atoms with Gasteiger partial charge in [0.05, 0.1) is 19.3 Å². The van der Waals surface area contributed by atoms with E-state index < -0.39 is 28.3 Å². The molecule has 0 aromatic heterocycles. The summed E-state index contributed by atoms with van der Waals surface area (Å²) in [6.45, 7) is 16.4. The fourth-order valence-electron chi connectivity index (χ4n) is 2.53. The van der Waals surface area contributed by atoms with Crippen LogP contribution in [0.25, 0.3) is 0 Å². The number of hydrogen-bond donors (Lipinski definition) is 0. The zero-order chi connectivity index (χ0) is 16.1. The lowest BCUT2D eigenvalue weighted by Crippen LogP contribution is -2.50. The minimum absolute atomic E-state index is 0.0979. The van der Waals surface area contributed by atoms with Gasteiger partial charge in [0.15, 0.2) is 16.7 Å². The molecule has 0 amide bonds. The monoisotopic (exact) mass is 330 g/mol. The number of hydrogen-bond acceptors (Lipinski definition) is 4. The van der Waals surface area contributed by atoms with Crippen LogP contribution in [-0.2, 0) is 18.2 Å². The number of ether oxygens (including phenoxy) is 1. The van der Waals surface area contributed by atoms with Gasteiger partial charge in [-0.25, -0.2) is 0 Å². The largest absolute Gasteiger partial charge is 0.412 e. The molecular weight excluding hydrogens is 302 g/mol. The molecule has 2 heterocycles. The van der Waals surface area contributed by atoms with Crippen molar-refractivity contribution < 1.29 is 18.2 Å². The molecule has 0 saturated carbocycles. The van der Waals surface area contributed by atoms with E-state index in [1.165, 1.54) is 0 Å². The zero-order valence-corrected chi connectivity index (χ0v) is 16.2. The van der Waals surface area contributed by atoms with Crippen LogP contribution in [0.3, 0.4) is 0 Å². The second kappa shape index (κ2) is 5.88. The van der Waals surface area contributed by atoms with Crippen LogP contribution in [0.4, 0.5) is 0 Å². The molecule has 120 valence electrons. The molecule has 0 aromatic rings. The van der Waals surface area contributed by atoms with E-state index in [4.69, 9.17) is 26.1 Å². The summed E-state index contributed by atoms with van der Waals surface area (Å²) in [7, 11) is 3.56. The maximum absolute atomic E-state index is 6.53. The lowest BCUT2D eigenvalue weighted by Gasteiger charge is -2.42. The summed E-state index contributed by atoms with van der Waals surface area (Å²) in [6.07, 6.45) is -0.0979. The van der Waals surface area contributed by atoms with Crippen molar-refractivity contribution in [3.05, 3.63) is 0 Å². The van der Waals surface area contributed by atoms with Gasteiger partial charge in [-0.05, 0) is 18.1 Å². The van der Waals surface area contributed by atoms with Gasteiger partial charge in [-0.1, -0.05) is 27.7 Å². The van der Waals surface area contributed by atoms with Gasteiger partial charge in [0.1, 0.15) is 13.4 Å². The van der Waals surface area contributed by atoms with E-state index >= 15 is 0 Å². The minimum Gasteiger partial charge on any atom is -0.412 e. The Morgan fingerprint density at radius 3 is 2.24 bits per heavy atom. The Morgan fingerprint density at radius 2 is 1.76 bits per heavy atom. The van der Waals surface area contributed by atoms with Crippen molar-refractivity contribution in [2.45, 2.75) is 63.5 Å². The third kappa shape index (κ3) is 3.41. The minimum atomic E-state index is -1.88. The molecule has 2 rings (SSSR count). The predicted octanol–water partition coefficient (Wildman–Crippen LogP) is 3.27. The molecule has 7 heteroatoms. The highest BCUT2D eigenvalue weighted by Gasteiger charge is 2.55. The first kappa shape index (κ1) is 17.9. The van der Waals surface area contributed by atoms with E-state index in [1.54, 1.807) is 0 Å². The molecule has 1 unspecified atom stereocenters. The Kier molecular flexibility index (Phi) is 5.01. The lowest BCUT2D eigenvalue weighted by atomic mass is 9.83. The van der Waals surface area contributed by atoms with Crippen LogP contribution in [0, 0.1) is 5.92 Å². The SMILES string of the molecule is [B][C@@H]1OC2(COP(C)OC2)C(C)[C@@H]1O[Si](C)(C)C(C)(C)C. The first-order valence-corrected chi connectivity index (χ1v) is 12.1. The Balaban J connectivity index is 2.12. The predicted molar refractivity (Wildman–Crippen MR) is 89.3 cm³/mol. The van der Waals surface area contributed by atoms with Crippen LogP contribution in [0.15, 0.2) is 0 Å². The van der Waals surface area contributed by atoms with E-state index in [2.05, 4.69) is 40.8 Å². The molecule has 0 aliphatic carbocycles. The molecule has 0 aromatic carbocycles. The lowest BCUT2D eigenvalue weighted by molar-refractivity contribution is -0.106. The normalized spacial score (nSPS) is 41.7. The summed E-state index contributed by atoms with van der Waals surface area (Å²) in [6, 6.07) is -0.414. The fraction of sp³-hybridized carbons (Fsp3) is 1.00. The zero-order valence-electron chi connectivity index (χ0n) is 14.3. The highest BCUT2D eigenvalue weighted by molar-refractivity contribution is 7.46. The first-order chi connectivity index (χ1) is 9.48. The van der Waals surface area contributed by atoms with Gasteiger partial charge >= 0.3 is 0 Å². The third-order valence-electron chi connectivity index (χ3n) is 5.24. The molecular formula is C14H28BO4PSi. The van der Waals surface area contributed by atoms with Gasteiger partial charge in [-0.3, -0.25) is 0 Å². The first-order valence-electron chi connectivity index (χ1n) is 7.59. The van der Waals surface area contributed by atoms with E-state index in [1.807, 2.05) is 6.66 Å². The summed E-state index contributed by atoms with van der Waals surface area (Å²) in [4.78, 5) is 0. The van der Waals surface area contributed by atoms with E-state index in [9.17, 15) is 0 Å². The molecule has 2 aliphatic rings.